The van der Waals surface area contributed by atoms with Gasteiger partial charge in [-0.3, -0.25) is 0 Å². The lowest BCUT2D eigenvalue weighted by atomic mass is 9.33. The van der Waals surface area contributed by atoms with E-state index in [9.17, 15) is 0 Å². The van der Waals surface area contributed by atoms with Gasteiger partial charge in [-0.1, -0.05) is 109 Å². The molecule has 230 valence electrons. The molecule has 8 aromatic carbocycles. The van der Waals surface area contributed by atoms with Gasteiger partial charge >= 0.3 is 0 Å². The summed E-state index contributed by atoms with van der Waals surface area (Å²) in [4.78, 5) is 2.51. The van der Waals surface area contributed by atoms with E-state index in [0.29, 0.717) is 0 Å². The third-order valence-electron chi connectivity index (χ3n) is 11.3. The van der Waals surface area contributed by atoms with Crippen LogP contribution < -0.4 is 21.3 Å². The predicted octanol–water partition coefficient (Wildman–Crippen LogP) is 9.65. The van der Waals surface area contributed by atoms with E-state index in [2.05, 4.69) is 184 Å². The molecule has 4 heterocycles. The van der Waals surface area contributed by atoms with Gasteiger partial charge in [0.25, 0.3) is 0 Å². The highest BCUT2D eigenvalue weighted by Gasteiger charge is 2.41. The number of benzene rings is 8. The first kappa shape index (κ1) is 26.4. The van der Waals surface area contributed by atoms with Crippen LogP contribution in [0.4, 0.5) is 17.1 Å². The van der Waals surface area contributed by atoms with Crippen molar-refractivity contribution in [2.75, 3.05) is 4.90 Å². The van der Waals surface area contributed by atoms with Crippen LogP contribution in [0.1, 0.15) is 0 Å². The molecule has 0 saturated heterocycles. The molecule has 0 N–H and O–H groups in total. The average molecular weight is 634 g/mol. The molecule has 4 heteroatoms. The Labute approximate surface area is 288 Å². The summed E-state index contributed by atoms with van der Waals surface area (Å²) in [5, 5.41) is 7.96. The number of rotatable bonds is 3. The van der Waals surface area contributed by atoms with Crippen LogP contribution in [-0.4, -0.2) is 15.8 Å². The molecule has 2 aliphatic rings. The lowest BCUT2D eigenvalue weighted by Gasteiger charge is -2.39. The quantitative estimate of drug-likeness (QED) is 0.177. The highest BCUT2D eigenvalue weighted by atomic mass is 15.2. The molecule has 0 atom stereocenters. The molecule has 10 aromatic rings. The van der Waals surface area contributed by atoms with Gasteiger partial charge in [-0.2, -0.15) is 0 Å². The van der Waals surface area contributed by atoms with E-state index in [1.54, 1.807) is 0 Å². The minimum absolute atomic E-state index is 0.134. The first-order valence-corrected chi connectivity index (χ1v) is 17.4. The Hall–Kier alpha value is -6.52. The molecule has 0 aliphatic carbocycles. The molecule has 0 fully saturated rings. The monoisotopic (exact) mass is 633 g/mol. The van der Waals surface area contributed by atoms with Gasteiger partial charge in [-0.25, -0.2) is 0 Å². The van der Waals surface area contributed by atoms with Gasteiger partial charge in [0, 0.05) is 50.0 Å². The van der Waals surface area contributed by atoms with Gasteiger partial charge < -0.3 is 14.0 Å². The zero-order valence-corrected chi connectivity index (χ0v) is 27.1. The lowest BCUT2D eigenvalue weighted by Crippen LogP contribution is -2.58. The van der Waals surface area contributed by atoms with Gasteiger partial charge in [-0.15, -0.1) is 0 Å². The van der Waals surface area contributed by atoms with E-state index >= 15 is 0 Å². The summed E-state index contributed by atoms with van der Waals surface area (Å²) in [6.07, 6.45) is 0. The van der Waals surface area contributed by atoms with Crippen LogP contribution >= 0.6 is 0 Å². The average Bonchev–Trinajstić information content (AvgIpc) is 3.71. The highest BCUT2D eigenvalue weighted by molar-refractivity contribution is 7.02. The van der Waals surface area contributed by atoms with E-state index in [1.165, 1.54) is 87.8 Å². The fraction of sp³-hybridized carbons (Fsp3) is 0. The molecule has 0 saturated carbocycles. The third kappa shape index (κ3) is 3.26. The Morgan fingerprint density at radius 1 is 0.360 bits per heavy atom. The molecule has 2 aromatic heterocycles. The molecule has 12 rings (SSSR count). The van der Waals surface area contributed by atoms with Crippen LogP contribution in [0.2, 0.25) is 0 Å². The molecule has 50 heavy (non-hydrogen) atoms. The number of fused-ring (bicyclic) bond motifs is 6. The lowest BCUT2D eigenvalue weighted by molar-refractivity contribution is 1.17. The van der Waals surface area contributed by atoms with Crippen molar-refractivity contribution in [3.63, 3.8) is 0 Å². The predicted molar refractivity (Wildman–Crippen MR) is 212 cm³/mol. The Bertz CT molecular complexity index is 3010. The Morgan fingerprint density at radius 2 is 0.960 bits per heavy atom. The minimum Gasteiger partial charge on any atom is -0.311 e. The number of nitrogens with zero attached hydrogens (tertiary/aromatic N) is 3. The van der Waals surface area contributed by atoms with Crippen LogP contribution in [0.15, 0.2) is 170 Å². The van der Waals surface area contributed by atoms with E-state index in [1.807, 2.05) is 0 Å². The van der Waals surface area contributed by atoms with Gasteiger partial charge in [0.15, 0.2) is 0 Å². The maximum Gasteiger partial charge on any atom is 0.248 e. The van der Waals surface area contributed by atoms with Crippen molar-refractivity contribution in [3.8, 4) is 11.4 Å². The summed E-state index contributed by atoms with van der Waals surface area (Å²) in [6, 6.07) is 62.8. The smallest absolute Gasteiger partial charge is 0.248 e. The topological polar surface area (TPSA) is 13.1 Å². The van der Waals surface area contributed by atoms with Crippen LogP contribution in [0.25, 0.3) is 65.8 Å². The number of aromatic nitrogens is 2. The van der Waals surface area contributed by atoms with Crippen LogP contribution in [0.5, 0.6) is 0 Å². The van der Waals surface area contributed by atoms with E-state index < -0.39 is 0 Å². The minimum atomic E-state index is 0.134. The second-order valence-corrected chi connectivity index (χ2v) is 13.7. The summed E-state index contributed by atoms with van der Waals surface area (Å²) >= 11 is 0. The maximum absolute atomic E-state index is 2.51. The summed E-state index contributed by atoms with van der Waals surface area (Å²) in [5.41, 5.74) is 15.1. The summed E-state index contributed by atoms with van der Waals surface area (Å²) in [6.45, 7) is 0.134. The summed E-state index contributed by atoms with van der Waals surface area (Å²) in [7, 11) is 0. The van der Waals surface area contributed by atoms with Crippen LogP contribution in [0.3, 0.4) is 0 Å². The van der Waals surface area contributed by atoms with Crippen molar-refractivity contribution >= 4 is 94.5 Å². The standard InChI is InChI=1S/C46H28BN3/c1-2-12-30(13-3-1)48-40-23-11-19-36-44(40)45-41(48)26-24-29-25-27-42-46(43(29)45)47(36)35-18-6-9-22-39(35)50(42)32-15-10-14-31(28-32)49-37-20-7-4-16-33(37)34-17-5-8-21-38(34)49/h1-28H. The molecule has 0 spiro atoms. The van der Waals surface area contributed by atoms with Crippen molar-refractivity contribution < 1.29 is 0 Å². The molecule has 3 nitrogen and oxygen atoms in total. The highest BCUT2D eigenvalue weighted by Crippen LogP contribution is 2.44. The summed E-state index contributed by atoms with van der Waals surface area (Å²) < 4.78 is 4.88. The molecular formula is C46H28BN3. The zero-order chi connectivity index (χ0) is 32.5. The van der Waals surface area contributed by atoms with Crippen LogP contribution in [0, 0.1) is 0 Å². The molecule has 2 aliphatic heterocycles. The van der Waals surface area contributed by atoms with E-state index in [0.717, 1.165) is 11.4 Å². The fourth-order valence-electron chi connectivity index (χ4n) is 9.39. The van der Waals surface area contributed by atoms with Crippen molar-refractivity contribution in [1.29, 1.82) is 0 Å². The Morgan fingerprint density at radius 3 is 1.80 bits per heavy atom. The zero-order valence-electron chi connectivity index (χ0n) is 27.1. The molecule has 0 bridgehead atoms. The third-order valence-corrected chi connectivity index (χ3v) is 11.3. The van der Waals surface area contributed by atoms with Crippen molar-refractivity contribution in [2.24, 2.45) is 0 Å². The molecular weight excluding hydrogens is 605 g/mol. The first-order valence-electron chi connectivity index (χ1n) is 17.4. The van der Waals surface area contributed by atoms with Crippen LogP contribution in [-0.2, 0) is 0 Å². The number of hydrogen-bond donors (Lipinski definition) is 0. The number of anilines is 3. The molecule has 0 amide bonds. The fourth-order valence-corrected chi connectivity index (χ4v) is 9.39. The summed E-state index contributed by atoms with van der Waals surface area (Å²) in [5.74, 6) is 0. The molecule has 0 radical (unpaired) electrons. The Balaban J connectivity index is 1.17. The molecule has 0 unspecified atom stereocenters. The van der Waals surface area contributed by atoms with Crippen molar-refractivity contribution in [1.82, 2.24) is 9.13 Å². The maximum atomic E-state index is 2.51. The second kappa shape index (κ2) is 9.55. The van der Waals surface area contributed by atoms with Crippen molar-refractivity contribution in [2.45, 2.75) is 0 Å². The Kier molecular flexibility index (Phi) is 5.05. The van der Waals surface area contributed by atoms with E-state index in [-0.39, 0.29) is 6.71 Å². The van der Waals surface area contributed by atoms with Crippen molar-refractivity contribution in [3.05, 3.63) is 170 Å². The van der Waals surface area contributed by atoms with Gasteiger partial charge in [0.2, 0.25) is 6.71 Å². The largest absolute Gasteiger partial charge is 0.311 e. The normalized spacial score (nSPS) is 13.1. The first-order chi connectivity index (χ1) is 24.8. The van der Waals surface area contributed by atoms with Gasteiger partial charge in [-0.05, 0) is 88.4 Å². The number of para-hydroxylation sites is 4. The number of hydrogen-bond acceptors (Lipinski definition) is 1. The SMILES string of the molecule is c1ccc(-n2c3cccc4c3c3c5c6c(ccc5ccc32)N(c2cccc(-n3c5ccccc5c5ccccc53)c2)c2ccccc2B64)cc1. The van der Waals surface area contributed by atoms with E-state index in [4.69, 9.17) is 0 Å². The van der Waals surface area contributed by atoms with Gasteiger partial charge in [0.1, 0.15) is 0 Å². The second-order valence-electron chi connectivity index (χ2n) is 13.7. The van der Waals surface area contributed by atoms with Gasteiger partial charge in [0.05, 0.1) is 22.1 Å².